The fourth-order valence-corrected chi connectivity index (χ4v) is 4.69. The van der Waals surface area contributed by atoms with Crippen LogP contribution in [0, 0.1) is 5.41 Å². The average molecular weight is 264 g/mol. The van der Waals surface area contributed by atoms with Crippen molar-refractivity contribution in [1.29, 1.82) is 0 Å². The van der Waals surface area contributed by atoms with Crippen LogP contribution in [-0.2, 0) is 14.8 Å². The maximum atomic E-state index is 12.0. The highest BCUT2D eigenvalue weighted by atomic mass is 35.5. The maximum Gasteiger partial charge on any atom is 0.266 e. The standard InChI is InChI=1S/C10H14ClNO3S/c1-10(2)5-3-4-7-8(10)9(13)12(6-11)16(7,14)15/h3-6H2,1-2H3. The summed E-state index contributed by atoms with van der Waals surface area (Å²) in [6.45, 7) is 3.82. The van der Waals surface area contributed by atoms with Gasteiger partial charge >= 0.3 is 0 Å². The van der Waals surface area contributed by atoms with Crippen LogP contribution >= 0.6 is 11.6 Å². The van der Waals surface area contributed by atoms with Crippen molar-refractivity contribution in [2.75, 3.05) is 6.00 Å². The average Bonchev–Trinajstić information content (AvgIpc) is 2.34. The largest absolute Gasteiger partial charge is 0.268 e. The van der Waals surface area contributed by atoms with E-state index in [1.165, 1.54) is 0 Å². The SMILES string of the molecule is CC1(C)CCCC2=C1C(=O)N(CCl)S2(=O)=O. The van der Waals surface area contributed by atoms with Gasteiger partial charge in [-0.3, -0.25) is 4.79 Å². The molecule has 0 fully saturated rings. The van der Waals surface area contributed by atoms with E-state index in [2.05, 4.69) is 0 Å². The number of carbonyl (C=O) groups excluding carboxylic acids is 1. The summed E-state index contributed by atoms with van der Waals surface area (Å²) in [7, 11) is -3.63. The van der Waals surface area contributed by atoms with Crippen LogP contribution in [0.4, 0.5) is 0 Å². The second-order valence-electron chi connectivity index (χ2n) is 4.81. The molecule has 0 aromatic heterocycles. The van der Waals surface area contributed by atoms with E-state index in [9.17, 15) is 13.2 Å². The Balaban J connectivity index is 2.64. The Bertz CT molecular complexity index is 478. The van der Waals surface area contributed by atoms with Crippen LogP contribution in [0.15, 0.2) is 10.5 Å². The third-order valence-corrected chi connectivity index (χ3v) is 5.60. The molecule has 0 N–H and O–H groups in total. The highest BCUT2D eigenvalue weighted by Crippen LogP contribution is 2.47. The Hall–Kier alpha value is -0.550. The number of allylic oxidation sites excluding steroid dienone is 1. The summed E-state index contributed by atoms with van der Waals surface area (Å²) in [5, 5.41) is 0. The Morgan fingerprint density at radius 2 is 2.06 bits per heavy atom. The molecule has 4 nitrogen and oxygen atoms in total. The highest BCUT2D eigenvalue weighted by molar-refractivity contribution is 7.94. The van der Waals surface area contributed by atoms with Crippen LogP contribution in [0.1, 0.15) is 33.1 Å². The molecule has 0 spiro atoms. The lowest BCUT2D eigenvalue weighted by Crippen LogP contribution is -2.32. The summed E-state index contributed by atoms with van der Waals surface area (Å²) in [4.78, 5) is 12.3. The van der Waals surface area contributed by atoms with E-state index < -0.39 is 15.9 Å². The van der Waals surface area contributed by atoms with E-state index in [4.69, 9.17) is 11.6 Å². The molecule has 0 unspecified atom stereocenters. The number of carbonyl (C=O) groups is 1. The normalized spacial score (nSPS) is 27.2. The van der Waals surface area contributed by atoms with E-state index in [0.29, 0.717) is 12.0 Å². The van der Waals surface area contributed by atoms with Gasteiger partial charge in [0.15, 0.2) is 0 Å². The molecule has 6 heteroatoms. The molecule has 1 aliphatic heterocycles. The van der Waals surface area contributed by atoms with Crippen molar-refractivity contribution < 1.29 is 13.2 Å². The van der Waals surface area contributed by atoms with Crippen LogP contribution in [0.3, 0.4) is 0 Å². The van der Waals surface area contributed by atoms with Crippen LogP contribution in [0.5, 0.6) is 0 Å². The fourth-order valence-electron chi connectivity index (χ4n) is 2.47. The van der Waals surface area contributed by atoms with Gasteiger partial charge in [-0.1, -0.05) is 13.8 Å². The summed E-state index contributed by atoms with van der Waals surface area (Å²) >= 11 is 5.54. The summed E-state index contributed by atoms with van der Waals surface area (Å²) < 4.78 is 24.8. The first-order valence-electron chi connectivity index (χ1n) is 5.19. The Morgan fingerprint density at radius 1 is 1.44 bits per heavy atom. The lowest BCUT2D eigenvalue weighted by molar-refractivity contribution is -0.122. The number of sulfonamides is 1. The minimum atomic E-state index is -3.63. The van der Waals surface area contributed by atoms with E-state index in [1.54, 1.807) is 0 Å². The summed E-state index contributed by atoms with van der Waals surface area (Å²) in [6.07, 6.45) is 2.10. The monoisotopic (exact) mass is 263 g/mol. The lowest BCUT2D eigenvalue weighted by Gasteiger charge is -2.29. The molecule has 2 rings (SSSR count). The van der Waals surface area contributed by atoms with Crippen molar-refractivity contribution in [3.63, 3.8) is 0 Å². The summed E-state index contributed by atoms with van der Waals surface area (Å²) in [5.74, 6) is -0.435. The zero-order valence-electron chi connectivity index (χ0n) is 9.29. The van der Waals surface area contributed by atoms with Crippen molar-refractivity contribution in [1.82, 2.24) is 4.31 Å². The molecule has 0 radical (unpaired) electrons. The first-order valence-corrected chi connectivity index (χ1v) is 7.16. The van der Waals surface area contributed by atoms with Crippen LogP contribution in [-0.4, -0.2) is 24.6 Å². The number of alkyl halides is 1. The highest BCUT2D eigenvalue weighted by Gasteiger charge is 2.49. The Kier molecular flexibility index (Phi) is 2.58. The Labute approximate surface area is 100 Å². The molecule has 0 bridgehead atoms. The smallest absolute Gasteiger partial charge is 0.266 e. The van der Waals surface area contributed by atoms with Crippen molar-refractivity contribution >= 4 is 27.5 Å². The third kappa shape index (κ3) is 1.41. The zero-order chi connectivity index (χ0) is 12.1. The van der Waals surface area contributed by atoms with E-state index >= 15 is 0 Å². The van der Waals surface area contributed by atoms with Gasteiger partial charge in [0.2, 0.25) is 0 Å². The van der Waals surface area contributed by atoms with Gasteiger partial charge in [0.05, 0.1) is 4.91 Å². The maximum absolute atomic E-state index is 12.0. The number of nitrogens with zero attached hydrogens (tertiary/aromatic N) is 1. The van der Waals surface area contributed by atoms with Gasteiger partial charge in [0.25, 0.3) is 15.9 Å². The predicted molar refractivity (Wildman–Crippen MR) is 61.1 cm³/mol. The van der Waals surface area contributed by atoms with Gasteiger partial charge in [0.1, 0.15) is 6.00 Å². The second-order valence-corrected chi connectivity index (χ2v) is 6.94. The molecule has 0 aromatic rings. The Morgan fingerprint density at radius 3 is 2.56 bits per heavy atom. The molecule has 0 aromatic carbocycles. The lowest BCUT2D eigenvalue weighted by atomic mass is 9.75. The van der Waals surface area contributed by atoms with Gasteiger partial charge in [-0.05, 0) is 24.7 Å². The molecule has 0 saturated heterocycles. The summed E-state index contributed by atoms with van der Waals surface area (Å²) in [5.41, 5.74) is 0.0813. The number of hydrogen-bond acceptors (Lipinski definition) is 3. The zero-order valence-corrected chi connectivity index (χ0v) is 10.9. The molecule has 2 aliphatic rings. The molecular formula is C10H14ClNO3S. The predicted octanol–water partition coefficient (Wildman–Crippen LogP) is 1.82. The second kappa shape index (κ2) is 3.47. The van der Waals surface area contributed by atoms with Gasteiger partial charge in [0, 0.05) is 5.57 Å². The molecule has 0 saturated carbocycles. The van der Waals surface area contributed by atoms with Gasteiger partial charge in [-0.2, -0.15) is 0 Å². The van der Waals surface area contributed by atoms with Crippen LogP contribution in [0.25, 0.3) is 0 Å². The van der Waals surface area contributed by atoms with E-state index in [1.807, 2.05) is 13.8 Å². The third-order valence-electron chi connectivity index (χ3n) is 3.31. The number of halogens is 1. The van der Waals surface area contributed by atoms with Crippen molar-refractivity contribution in [3.05, 3.63) is 10.5 Å². The van der Waals surface area contributed by atoms with Gasteiger partial charge < -0.3 is 0 Å². The van der Waals surface area contributed by atoms with E-state index in [0.717, 1.165) is 17.1 Å². The van der Waals surface area contributed by atoms with Crippen molar-refractivity contribution in [2.24, 2.45) is 5.41 Å². The first kappa shape index (κ1) is 11.9. The molecular weight excluding hydrogens is 250 g/mol. The van der Waals surface area contributed by atoms with Crippen LogP contribution < -0.4 is 0 Å². The summed E-state index contributed by atoms with van der Waals surface area (Å²) in [6, 6.07) is -0.301. The number of amides is 1. The van der Waals surface area contributed by atoms with Crippen molar-refractivity contribution in [2.45, 2.75) is 33.1 Å². The number of hydrogen-bond donors (Lipinski definition) is 0. The topological polar surface area (TPSA) is 54.5 Å². The molecule has 90 valence electrons. The molecule has 1 heterocycles. The minimum Gasteiger partial charge on any atom is -0.268 e. The molecule has 1 amide bonds. The number of rotatable bonds is 1. The fraction of sp³-hybridized carbons (Fsp3) is 0.700. The van der Waals surface area contributed by atoms with Gasteiger partial charge in [-0.15, -0.1) is 11.6 Å². The van der Waals surface area contributed by atoms with Crippen molar-refractivity contribution in [3.8, 4) is 0 Å². The van der Waals surface area contributed by atoms with Gasteiger partial charge in [-0.25, -0.2) is 12.7 Å². The molecule has 16 heavy (non-hydrogen) atoms. The van der Waals surface area contributed by atoms with E-state index in [-0.39, 0.29) is 16.3 Å². The first-order chi connectivity index (χ1) is 7.32. The molecule has 1 aliphatic carbocycles. The minimum absolute atomic E-state index is 0.286. The van der Waals surface area contributed by atoms with Crippen LogP contribution in [0.2, 0.25) is 0 Å². The quantitative estimate of drug-likeness (QED) is 0.536. The molecule has 0 atom stereocenters.